The molecule has 3 aromatic carbocycles. The van der Waals surface area contributed by atoms with Crippen molar-refractivity contribution in [3.05, 3.63) is 83.9 Å². The highest BCUT2D eigenvalue weighted by atomic mass is 31.2. The van der Waals surface area contributed by atoms with Crippen LogP contribution in [0.4, 0.5) is 0 Å². The van der Waals surface area contributed by atoms with Crippen molar-refractivity contribution < 1.29 is 23.9 Å². The average molecular weight is 384 g/mol. The molecule has 2 atom stereocenters. The van der Waals surface area contributed by atoms with Gasteiger partial charge in [0.05, 0.1) is 6.16 Å². The number of rotatable bonds is 7. The molecule has 0 aliphatic rings. The quantitative estimate of drug-likeness (QED) is 0.564. The Morgan fingerprint density at radius 2 is 1.63 bits per heavy atom. The second-order valence-electron chi connectivity index (χ2n) is 6.42. The predicted octanol–water partition coefficient (Wildman–Crippen LogP) is 4.93. The fourth-order valence-corrected chi connectivity index (χ4v) is 4.70. The molecule has 0 spiro atoms. The minimum Gasteiger partial charge on any atom is -0.479 e. The second kappa shape index (κ2) is 7.65. The highest BCUT2D eigenvalue weighted by molar-refractivity contribution is 7.52. The minimum atomic E-state index is -4.21. The lowest BCUT2D eigenvalue weighted by Gasteiger charge is -2.31. The summed E-state index contributed by atoms with van der Waals surface area (Å²) >= 11 is 0. The van der Waals surface area contributed by atoms with E-state index in [1.54, 1.807) is 55.5 Å². The van der Waals surface area contributed by atoms with E-state index in [1.165, 1.54) is 0 Å². The number of aliphatic carboxylic acids is 1. The summed E-state index contributed by atoms with van der Waals surface area (Å²) < 4.78 is 18.3. The third-order valence-electron chi connectivity index (χ3n) is 4.58. The van der Waals surface area contributed by atoms with Crippen molar-refractivity contribution in [2.24, 2.45) is 0 Å². The molecule has 3 aromatic rings. The van der Waals surface area contributed by atoms with Crippen LogP contribution >= 0.6 is 7.60 Å². The van der Waals surface area contributed by atoms with E-state index in [2.05, 4.69) is 0 Å². The fourth-order valence-electron chi connectivity index (χ4n) is 3.17. The van der Waals surface area contributed by atoms with Crippen molar-refractivity contribution in [3.8, 4) is 0 Å². The van der Waals surface area contributed by atoms with E-state index in [0.29, 0.717) is 11.1 Å². The molecule has 0 aliphatic heterocycles. The molecule has 0 aliphatic carbocycles. The molecule has 2 unspecified atom stereocenters. The SMILES string of the molecule is CCC(OP(=O)(O)Cc1ccccc1)(C(=O)O)c1ccc2ccccc2c1. The second-order valence-corrected chi connectivity index (χ2v) is 8.19. The Hall–Kier alpha value is -2.46. The molecular weight excluding hydrogens is 363 g/mol. The average Bonchev–Trinajstić information content (AvgIpc) is 2.66. The topological polar surface area (TPSA) is 83.8 Å². The zero-order chi connectivity index (χ0) is 19.5. The molecule has 3 rings (SSSR count). The first kappa shape index (κ1) is 19.3. The molecule has 0 fully saturated rings. The largest absolute Gasteiger partial charge is 0.479 e. The summed E-state index contributed by atoms with van der Waals surface area (Å²) in [6.45, 7) is 1.63. The zero-order valence-electron chi connectivity index (χ0n) is 14.9. The molecule has 6 heteroatoms. The molecular formula is C21H21O5P. The molecule has 0 saturated carbocycles. The maximum absolute atomic E-state index is 12.8. The highest BCUT2D eigenvalue weighted by Gasteiger charge is 2.45. The van der Waals surface area contributed by atoms with Crippen molar-refractivity contribution in [3.63, 3.8) is 0 Å². The number of hydrogen-bond donors (Lipinski definition) is 2. The van der Waals surface area contributed by atoms with Gasteiger partial charge in [-0.2, -0.15) is 0 Å². The maximum atomic E-state index is 12.8. The van der Waals surface area contributed by atoms with Gasteiger partial charge >= 0.3 is 13.6 Å². The van der Waals surface area contributed by atoms with Crippen LogP contribution in [0.15, 0.2) is 72.8 Å². The van der Waals surface area contributed by atoms with Gasteiger partial charge < -0.3 is 10.00 Å². The van der Waals surface area contributed by atoms with Crippen LogP contribution in [-0.4, -0.2) is 16.0 Å². The highest BCUT2D eigenvalue weighted by Crippen LogP contribution is 2.53. The van der Waals surface area contributed by atoms with Crippen LogP contribution in [-0.2, 0) is 25.6 Å². The Kier molecular flexibility index (Phi) is 5.47. The van der Waals surface area contributed by atoms with Crippen molar-refractivity contribution in [1.82, 2.24) is 0 Å². The van der Waals surface area contributed by atoms with Crippen LogP contribution in [0.3, 0.4) is 0 Å². The molecule has 0 saturated heterocycles. The number of fused-ring (bicyclic) bond motifs is 1. The lowest BCUT2D eigenvalue weighted by atomic mass is 9.90. The van der Waals surface area contributed by atoms with Gasteiger partial charge in [0.2, 0.25) is 0 Å². The Balaban J connectivity index is 2.01. The fraction of sp³-hybridized carbons (Fsp3) is 0.190. The summed E-state index contributed by atoms with van der Waals surface area (Å²) in [4.78, 5) is 22.6. The van der Waals surface area contributed by atoms with Gasteiger partial charge in [0, 0.05) is 0 Å². The molecule has 0 aromatic heterocycles. The molecule has 5 nitrogen and oxygen atoms in total. The van der Waals surface area contributed by atoms with E-state index in [0.717, 1.165) is 10.8 Å². The summed E-state index contributed by atoms with van der Waals surface area (Å²) in [6, 6.07) is 21.4. The van der Waals surface area contributed by atoms with Gasteiger partial charge in [-0.3, -0.25) is 9.09 Å². The number of carboxylic acid groups (broad SMARTS) is 1. The number of carboxylic acids is 1. The van der Waals surface area contributed by atoms with E-state index in [4.69, 9.17) is 4.52 Å². The Bertz CT molecular complexity index is 1000. The summed E-state index contributed by atoms with van der Waals surface area (Å²) in [5, 5.41) is 11.7. The standard InChI is InChI=1S/C21H21O5P/c1-2-21(20(22)23,19-13-12-17-10-6-7-11-18(17)14-19)26-27(24,25)15-16-8-4-3-5-9-16/h3-14H,2,15H2,1H3,(H,22,23)(H,24,25). The van der Waals surface area contributed by atoms with Gasteiger partial charge in [0.15, 0.2) is 5.60 Å². The number of carbonyl (C=O) groups is 1. The molecule has 0 bridgehead atoms. The Morgan fingerprint density at radius 1 is 1.00 bits per heavy atom. The molecule has 27 heavy (non-hydrogen) atoms. The lowest BCUT2D eigenvalue weighted by Crippen LogP contribution is -2.37. The smallest absolute Gasteiger partial charge is 0.341 e. The van der Waals surface area contributed by atoms with Gasteiger partial charge in [-0.25, -0.2) is 4.79 Å². The van der Waals surface area contributed by atoms with Crippen molar-refractivity contribution in [1.29, 1.82) is 0 Å². The van der Waals surface area contributed by atoms with Crippen LogP contribution in [0, 0.1) is 0 Å². The summed E-state index contributed by atoms with van der Waals surface area (Å²) in [5.74, 6) is -1.29. The van der Waals surface area contributed by atoms with Gasteiger partial charge in [0.25, 0.3) is 0 Å². The van der Waals surface area contributed by atoms with Crippen LogP contribution in [0.5, 0.6) is 0 Å². The monoisotopic (exact) mass is 384 g/mol. The van der Waals surface area contributed by atoms with Crippen LogP contribution in [0.25, 0.3) is 10.8 Å². The van der Waals surface area contributed by atoms with Crippen molar-refractivity contribution >= 4 is 24.3 Å². The molecule has 0 amide bonds. The van der Waals surface area contributed by atoms with Gasteiger partial charge in [-0.15, -0.1) is 0 Å². The summed E-state index contributed by atoms with van der Waals surface area (Å²) in [5.41, 5.74) is -0.945. The van der Waals surface area contributed by atoms with Gasteiger partial charge in [0.1, 0.15) is 0 Å². The Morgan fingerprint density at radius 3 is 2.26 bits per heavy atom. The third-order valence-corrected chi connectivity index (χ3v) is 5.94. The zero-order valence-corrected chi connectivity index (χ0v) is 15.8. The molecule has 2 N–H and O–H groups in total. The summed E-state index contributed by atoms with van der Waals surface area (Å²) in [7, 11) is -4.21. The number of hydrogen-bond acceptors (Lipinski definition) is 3. The van der Waals surface area contributed by atoms with E-state index in [1.807, 2.05) is 24.3 Å². The molecule has 0 heterocycles. The van der Waals surface area contributed by atoms with Crippen LogP contribution in [0.1, 0.15) is 24.5 Å². The van der Waals surface area contributed by atoms with E-state index in [-0.39, 0.29) is 12.6 Å². The first-order chi connectivity index (χ1) is 12.9. The summed E-state index contributed by atoms with van der Waals surface area (Å²) in [6.07, 6.45) is -0.240. The lowest BCUT2D eigenvalue weighted by molar-refractivity contribution is -0.157. The van der Waals surface area contributed by atoms with E-state index >= 15 is 0 Å². The third kappa shape index (κ3) is 4.11. The number of benzene rings is 3. The maximum Gasteiger partial charge on any atom is 0.341 e. The predicted molar refractivity (Wildman–Crippen MR) is 105 cm³/mol. The first-order valence-corrected chi connectivity index (χ1v) is 10.4. The van der Waals surface area contributed by atoms with Crippen molar-refractivity contribution in [2.45, 2.75) is 25.1 Å². The molecule has 0 radical (unpaired) electrons. The van der Waals surface area contributed by atoms with E-state index < -0.39 is 19.2 Å². The van der Waals surface area contributed by atoms with Crippen molar-refractivity contribution in [2.75, 3.05) is 0 Å². The van der Waals surface area contributed by atoms with Gasteiger partial charge in [-0.1, -0.05) is 73.7 Å². The molecule has 140 valence electrons. The van der Waals surface area contributed by atoms with Crippen LogP contribution in [0.2, 0.25) is 0 Å². The van der Waals surface area contributed by atoms with Crippen LogP contribution < -0.4 is 0 Å². The minimum absolute atomic E-state index is 0.0139. The van der Waals surface area contributed by atoms with E-state index in [9.17, 15) is 19.4 Å². The first-order valence-electron chi connectivity index (χ1n) is 8.65. The Labute approximate surface area is 157 Å². The normalized spacial score (nSPS) is 15.8. The van der Waals surface area contributed by atoms with Gasteiger partial charge in [-0.05, 0) is 34.4 Å².